The van der Waals surface area contributed by atoms with Gasteiger partial charge in [0, 0.05) is 33.1 Å². The molecule has 1 atom stereocenters. The van der Waals surface area contributed by atoms with Gasteiger partial charge in [-0.3, -0.25) is 9.59 Å². The molecule has 1 N–H and O–H groups in total. The molecule has 2 fully saturated rings. The Hall–Kier alpha value is -1.10. The lowest BCUT2D eigenvalue weighted by atomic mass is 9.87. The second-order valence-electron chi connectivity index (χ2n) is 6.52. The van der Waals surface area contributed by atoms with Crippen molar-refractivity contribution in [1.82, 2.24) is 15.1 Å². The van der Waals surface area contributed by atoms with Crippen LogP contribution in [0.2, 0.25) is 0 Å². The lowest BCUT2D eigenvalue weighted by Gasteiger charge is -2.40. The van der Waals surface area contributed by atoms with Gasteiger partial charge in [0.15, 0.2) is 0 Å². The first-order chi connectivity index (χ1) is 9.44. The predicted molar refractivity (Wildman–Crippen MR) is 78.3 cm³/mol. The van der Waals surface area contributed by atoms with Crippen LogP contribution in [0.25, 0.3) is 0 Å². The SMILES string of the molecule is CN(C)C(=O)C1CCN(C(=O)C2(C)CCCCN2)CC1. The molecule has 0 bridgehead atoms. The van der Waals surface area contributed by atoms with Gasteiger partial charge < -0.3 is 15.1 Å². The Morgan fingerprint density at radius 1 is 1.20 bits per heavy atom. The van der Waals surface area contributed by atoms with Crippen molar-refractivity contribution in [2.45, 2.75) is 44.6 Å². The summed E-state index contributed by atoms with van der Waals surface area (Å²) in [7, 11) is 3.60. The van der Waals surface area contributed by atoms with Gasteiger partial charge in [-0.05, 0) is 45.6 Å². The average Bonchev–Trinajstić information content (AvgIpc) is 2.46. The highest BCUT2D eigenvalue weighted by Crippen LogP contribution is 2.25. The molecule has 5 nitrogen and oxygen atoms in total. The number of nitrogens with zero attached hydrogens (tertiary/aromatic N) is 2. The molecule has 2 saturated heterocycles. The van der Waals surface area contributed by atoms with E-state index in [0.717, 1.165) is 38.6 Å². The molecule has 0 aromatic rings. The zero-order valence-corrected chi connectivity index (χ0v) is 12.9. The molecule has 0 aromatic heterocycles. The third kappa shape index (κ3) is 3.14. The summed E-state index contributed by atoms with van der Waals surface area (Å²) in [5, 5.41) is 3.38. The minimum Gasteiger partial charge on any atom is -0.349 e. The summed E-state index contributed by atoms with van der Waals surface area (Å²) < 4.78 is 0. The maximum atomic E-state index is 12.7. The summed E-state index contributed by atoms with van der Waals surface area (Å²) in [5.41, 5.74) is -0.392. The highest BCUT2D eigenvalue weighted by molar-refractivity contribution is 5.86. The van der Waals surface area contributed by atoms with Crippen LogP contribution in [-0.4, -0.2) is 60.9 Å². The van der Waals surface area contributed by atoms with E-state index >= 15 is 0 Å². The van der Waals surface area contributed by atoms with Crippen LogP contribution in [0.5, 0.6) is 0 Å². The summed E-state index contributed by atoms with van der Waals surface area (Å²) >= 11 is 0. The highest BCUT2D eigenvalue weighted by Gasteiger charge is 2.39. The normalized spacial score (nSPS) is 28.2. The number of hydrogen-bond acceptors (Lipinski definition) is 3. The molecular weight excluding hydrogens is 254 g/mol. The smallest absolute Gasteiger partial charge is 0.242 e. The number of nitrogens with one attached hydrogen (secondary N) is 1. The number of amides is 2. The largest absolute Gasteiger partial charge is 0.349 e. The van der Waals surface area contributed by atoms with Crippen molar-refractivity contribution in [3.05, 3.63) is 0 Å². The molecule has 0 spiro atoms. The number of rotatable bonds is 2. The first kappa shape index (κ1) is 15.3. The molecule has 2 amide bonds. The van der Waals surface area contributed by atoms with E-state index in [-0.39, 0.29) is 17.7 Å². The lowest BCUT2D eigenvalue weighted by Crippen LogP contribution is -2.59. The lowest BCUT2D eigenvalue weighted by molar-refractivity contribution is -0.143. The van der Waals surface area contributed by atoms with Crippen molar-refractivity contribution in [2.24, 2.45) is 5.92 Å². The fraction of sp³-hybridized carbons (Fsp3) is 0.867. The minimum absolute atomic E-state index is 0.0844. The van der Waals surface area contributed by atoms with Crippen LogP contribution in [0.15, 0.2) is 0 Å². The van der Waals surface area contributed by atoms with E-state index < -0.39 is 5.54 Å². The van der Waals surface area contributed by atoms with Gasteiger partial charge in [-0.1, -0.05) is 0 Å². The molecule has 20 heavy (non-hydrogen) atoms. The quantitative estimate of drug-likeness (QED) is 0.816. The van der Waals surface area contributed by atoms with Crippen molar-refractivity contribution in [1.29, 1.82) is 0 Å². The van der Waals surface area contributed by atoms with E-state index in [1.165, 1.54) is 0 Å². The van der Waals surface area contributed by atoms with Crippen LogP contribution < -0.4 is 5.32 Å². The average molecular weight is 281 g/mol. The number of hydrogen-bond donors (Lipinski definition) is 1. The molecule has 2 heterocycles. The topological polar surface area (TPSA) is 52.7 Å². The van der Waals surface area contributed by atoms with E-state index in [4.69, 9.17) is 0 Å². The number of likely N-dealkylation sites (tertiary alicyclic amines) is 1. The van der Waals surface area contributed by atoms with Crippen LogP contribution in [0.3, 0.4) is 0 Å². The molecule has 2 rings (SSSR count). The van der Waals surface area contributed by atoms with Crippen molar-refractivity contribution in [3.8, 4) is 0 Å². The summed E-state index contributed by atoms with van der Waals surface area (Å²) in [6.07, 6.45) is 4.77. The van der Waals surface area contributed by atoms with Gasteiger partial charge in [-0.15, -0.1) is 0 Å². The van der Waals surface area contributed by atoms with Crippen LogP contribution in [0.1, 0.15) is 39.0 Å². The van der Waals surface area contributed by atoms with Crippen LogP contribution in [-0.2, 0) is 9.59 Å². The molecule has 5 heteroatoms. The van der Waals surface area contributed by atoms with Gasteiger partial charge >= 0.3 is 0 Å². The first-order valence-corrected chi connectivity index (χ1v) is 7.69. The second-order valence-corrected chi connectivity index (χ2v) is 6.52. The van der Waals surface area contributed by atoms with Gasteiger partial charge in [-0.2, -0.15) is 0 Å². The minimum atomic E-state index is -0.392. The van der Waals surface area contributed by atoms with E-state index in [1.54, 1.807) is 19.0 Å². The highest BCUT2D eigenvalue weighted by atomic mass is 16.2. The number of carbonyl (C=O) groups is 2. The Balaban J connectivity index is 1.90. The van der Waals surface area contributed by atoms with Crippen molar-refractivity contribution in [3.63, 3.8) is 0 Å². The van der Waals surface area contributed by atoms with E-state index in [9.17, 15) is 9.59 Å². The molecular formula is C15H27N3O2. The molecule has 0 aliphatic carbocycles. The Kier molecular flexibility index (Phi) is 4.68. The third-order valence-electron chi connectivity index (χ3n) is 4.66. The van der Waals surface area contributed by atoms with Crippen molar-refractivity contribution >= 4 is 11.8 Å². The Morgan fingerprint density at radius 2 is 1.85 bits per heavy atom. The van der Waals surface area contributed by atoms with E-state index in [1.807, 2.05) is 11.8 Å². The van der Waals surface area contributed by atoms with Crippen LogP contribution >= 0.6 is 0 Å². The fourth-order valence-electron chi connectivity index (χ4n) is 3.28. The summed E-state index contributed by atoms with van der Waals surface area (Å²) in [4.78, 5) is 28.2. The summed E-state index contributed by atoms with van der Waals surface area (Å²) in [5.74, 6) is 0.494. The standard InChI is InChI=1S/C15H27N3O2/c1-15(8-4-5-9-16-15)14(20)18-10-6-12(7-11-18)13(19)17(2)3/h12,16H,4-11H2,1-3H3. The summed E-state index contributed by atoms with van der Waals surface area (Å²) in [6, 6.07) is 0. The fourth-order valence-corrected chi connectivity index (χ4v) is 3.28. The van der Waals surface area contributed by atoms with Crippen LogP contribution in [0, 0.1) is 5.92 Å². The number of carbonyl (C=O) groups excluding carboxylic acids is 2. The summed E-state index contributed by atoms with van der Waals surface area (Å²) in [6.45, 7) is 4.37. The number of piperidine rings is 2. The van der Waals surface area contributed by atoms with E-state index in [2.05, 4.69) is 5.32 Å². The van der Waals surface area contributed by atoms with Gasteiger partial charge in [0.05, 0.1) is 5.54 Å². The van der Waals surface area contributed by atoms with Gasteiger partial charge in [0.2, 0.25) is 11.8 Å². The Bertz CT molecular complexity index is 367. The third-order valence-corrected chi connectivity index (χ3v) is 4.66. The zero-order chi connectivity index (χ0) is 14.8. The van der Waals surface area contributed by atoms with Crippen molar-refractivity contribution in [2.75, 3.05) is 33.7 Å². The van der Waals surface area contributed by atoms with Gasteiger partial charge in [0.1, 0.15) is 0 Å². The monoisotopic (exact) mass is 281 g/mol. The molecule has 2 aliphatic rings. The zero-order valence-electron chi connectivity index (χ0n) is 12.9. The predicted octanol–water partition coefficient (Wildman–Crippen LogP) is 0.845. The maximum absolute atomic E-state index is 12.7. The van der Waals surface area contributed by atoms with Crippen molar-refractivity contribution < 1.29 is 9.59 Å². The van der Waals surface area contributed by atoms with Crippen LogP contribution in [0.4, 0.5) is 0 Å². The van der Waals surface area contributed by atoms with E-state index in [0.29, 0.717) is 13.1 Å². The molecule has 1 unspecified atom stereocenters. The maximum Gasteiger partial charge on any atom is 0.242 e. The molecule has 2 aliphatic heterocycles. The Labute approximate surface area is 121 Å². The molecule has 0 saturated carbocycles. The molecule has 0 aromatic carbocycles. The second kappa shape index (κ2) is 6.12. The molecule has 0 radical (unpaired) electrons. The Morgan fingerprint density at radius 3 is 2.35 bits per heavy atom. The molecule has 114 valence electrons. The van der Waals surface area contributed by atoms with Gasteiger partial charge in [-0.25, -0.2) is 0 Å². The van der Waals surface area contributed by atoms with Gasteiger partial charge in [0.25, 0.3) is 0 Å². The first-order valence-electron chi connectivity index (χ1n) is 7.69.